The van der Waals surface area contributed by atoms with Gasteiger partial charge < -0.3 is 10.1 Å². The summed E-state index contributed by atoms with van der Waals surface area (Å²) in [6.45, 7) is -2.57. The highest BCUT2D eigenvalue weighted by molar-refractivity contribution is 7.92. The summed E-state index contributed by atoms with van der Waals surface area (Å²) in [5.41, 5.74) is 1.41. The van der Waals surface area contributed by atoms with E-state index in [1.807, 2.05) is 0 Å². The zero-order valence-electron chi connectivity index (χ0n) is 16.6. The van der Waals surface area contributed by atoms with Gasteiger partial charge in [-0.1, -0.05) is 12.1 Å². The van der Waals surface area contributed by atoms with Crippen LogP contribution in [0, 0.1) is 5.82 Å². The van der Waals surface area contributed by atoms with Crippen LogP contribution in [-0.4, -0.2) is 27.5 Å². The number of sulfonamides is 1. The second kappa shape index (κ2) is 10.2. The first kappa shape index (κ1) is 23.1. The van der Waals surface area contributed by atoms with Crippen LogP contribution in [0.4, 0.5) is 18.9 Å². The lowest BCUT2D eigenvalue weighted by Crippen LogP contribution is -2.25. The maximum absolute atomic E-state index is 13.0. The second-order valence-electron chi connectivity index (χ2n) is 6.67. The fourth-order valence-electron chi connectivity index (χ4n) is 2.78. The van der Waals surface area contributed by atoms with E-state index in [1.54, 1.807) is 12.1 Å². The van der Waals surface area contributed by atoms with Crippen molar-refractivity contribution in [2.75, 3.05) is 11.3 Å². The van der Waals surface area contributed by atoms with Gasteiger partial charge in [0.15, 0.2) is 0 Å². The lowest BCUT2D eigenvalue weighted by Gasteiger charge is -2.10. The first-order valence-corrected chi connectivity index (χ1v) is 10.9. The van der Waals surface area contributed by atoms with Gasteiger partial charge in [0.05, 0.1) is 4.90 Å². The highest BCUT2D eigenvalue weighted by atomic mass is 32.2. The van der Waals surface area contributed by atoms with Crippen molar-refractivity contribution in [3.63, 3.8) is 0 Å². The quantitative estimate of drug-likeness (QED) is 0.497. The highest BCUT2D eigenvalue weighted by Crippen LogP contribution is 2.18. The summed E-state index contributed by atoms with van der Waals surface area (Å²) in [5, 5.41) is 2.73. The molecule has 0 aromatic heterocycles. The van der Waals surface area contributed by atoms with Crippen molar-refractivity contribution in [2.24, 2.45) is 0 Å². The molecular formula is C22H19F3N2O4S. The van der Waals surface area contributed by atoms with E-state index < -0.39 is 22.5 Å². The SMILES string of the molecule is O=C(NCCc1ccc(OC(F)F)cc1)c1ccc(NS(=O)(=O)c2ccc(F)cc2)cc1. The molecule has 0 fully saturated rings. The van der Waals surface area contributed by atoms with Crippen LogP contribution >= 0.6 is 0 Å². The number of benzene rings is 3. The standard InChI is InChI=1S/C22H19F3N2O4S/c23-17-5-11-20(12-6-17)32(29,30)27-18-7-3-16(4-8-18)21(28)26-14-13-15-1-9-19(10-2-15)31-22(24)25/h1-12,22,27H,13-14H2,(H,26,28). The van der Waals surface area contributed by atoms with Gasteiger partial charge in [0, 0.05) is 17.8 Å². The Hall–Kier alpha value is -3.53. The predicted molar refractivity (Wildman–Crippen MR) is 113 cm³/mol. The van der Waals surface area contributed by atoms with Crippen LogP contribution in [0.3, 0.4) is 0 Å². The monoisotopic (exact) mass is 464 g/mol. The minimum absolute atomic E-state index is 0.0583. The van der Waals surface area contributed by atoms with Gasteiger partial charge in [0.25, 0.3) is 15.9 Å². The smallest absolute Gasteiger partial charge is 0.387 e. The van der Waals surface area contributed by atoms with Crippen LogP contribution in [-0.2, 0) is 16.4 Å². The minimum atomic E-state index is -3.89. The van der Waals surface area contributed by atoms with E-state index in [0.717, 1.165) is 29.8 Å². The molecular weight excluding hydrogens is 445 g/mol. The number of nitrogens with one attached hydrogen (secondary N) is 2. The largest absolute Gasteiger partial charge is 0.435 e. The van der Waals surface area contributed by atoms with Gasteiger partial charge in [0.1, 0.15) is 11.6 Å². The molecule has 0 bridgehead atoms. The Morgan fingerprint density at radius 2 is 1.53 bits per heavy atom. The minimum Gasteiger partial charge on any atom is -0.435 e. The molecule has 10 heteroatoms. The number of hydrogen-bond acceptors (Lipinski definition) is 4. The van der Waals surface area contributed by atoms with Crippen molar-refractivity contribution in [2.45, 2.75) is 17.9 Å². The summed E-state index contributed by atoms with van der Waals surface area (Å²) in [6.07, 6.45) is 0.482. The van der Waals surface area contributed by atoms with Gasteiger partial charge in [-0.2, -0.15) is 8.78 Å². The summed E-state index contributed by atoms with van der Waals surface area (Å²) >= 11 is 0. The number of carbonyl (C=O) groups excluding carboxylic acids is 1. The van der Waals surface area contributed by atoms with E-state index in [4.69, 9.17) is 0 Å². The van der Waals surface area contributed by atoms with Crippen LogP contribution in [0.1, 0.15) is 15.9 Å². The lowest BCUT2D eigenvalue weighted by atomic mass is 10.1. The second-order valence-corrected chi connectivity index (χ2v) is 8.35. The van der Waals surface area contributed by atoms with Gasteiger partial charge in [-0.25, -0.2) is 12.8 Å². The summed E-state index contributed by atoms with van der Waals surface area (Å²) < 4.78 is 68.6. The summed E-state index contributed by atoms with van der Waals surface area (Å²) in [7, 11) is -3.89. The van der Waals surface area contributed by atoms with E-state index >= 15 is 0 Å². The molecule has 0 unspecified atom stereocenters. The Labute approximate surface area is 183 Å². The number of rotatable bonds is 9. The summed E-state index contributed by atoms with van der Waals surface area (Å²) in [6, 6.07) is 16.3. The van der Waals surface area contributed by atoms with Crippen molar-refractivity contribution in [1.29, 1.82) is 0 Å². The molecule has 0 radical (unpaired) electrons. The normalized spacial score (nSPS) is 11.2. The number of carbonyl (C=O) groups is 1. The number of alkyl halides is 2. The maximum Gasteiger partial charge on any atom is 0.387 e. The molecule has 32 heavy (non-hydrogen) atoms. The number of halogens is 3. The van der Waals surface area contributed by atoms with Gasteiger partial charge >= 0.3 is 6.61 Å². The van der Waals surface area contributed by atoms with Gasteiger partial charge in [0.2, 0.25) is 0 Å². The third-order valence-corrected chi connectivity index (χ3v) is 5.77. The Morgan fingerprint density at radius 1 is 0.906 bits per heavy atom. The highest BCUT2D eigenvalue weighted by Gasteiger charge is 2.14. The first-order chi connectivity index (χ1) is 15.2. The number of amides is 1. The maximum atomic E-state index is 13.0. The van der Waals surface area contributed by atoms with Gasteiger partial charge in [-0.05, 0) is 72.6 Å². The molecule has 6 nitrogen and oxygen atoms in total. The van der Waals surface area contributed by atoms with E-state index in [2.05, 4.69) is 14.8 Å². The molecule has 0 heterocycles. The molecule has 0 saturated carbocycles. The molecule has 2 N–H and O–H groups in total. The molecule has 0 aliphatic carbocycles. The van der Waals surface area contributed by atoms with Crippen LogP contribution in [0.5, 0.6) is 5.75 Å². The van der Waals surface area contributed by atoms with Crippen molar-refractivity contribution in [3.8, 4) is 5.75 Å². The van der Waals surface area contributed by atoms with Crippen LogP contribution < -0.4 is 14.8 Å². The topological polar surface area (TPSA) is 84.5 Å². The number of ether oxygens (including phenoxy) is 1. The molecule has 0 saturated heterocycles. The zero-order valence-corrected chi connectivity index (χ0v) is 17.4. The molecule has 1 amide bonds. The van der Waals surface area contributed by atoms with Gasteiger partial charge in [-0.15, -0.1) is 0 Å². The summed E-state index contributed by atoms with van der Waals surface area (Å²) in [4.78, 5) is 12.2. The Balaban J connectivity index is 1.52. The van der Waals surface area contributed by atoms with Crippen molar-refractivity contribution >= 4 is 21.6 Å². The third-order valence-electron chi connectivity index (χ3n) is 4.37. The van der Waals surface area contributed by atoms with E-state index in [-0.39, 0.29) is 22.2 Å². The molecule has 0 aliphatic rings. The lowest BCUT2D eigenvalue weighted by molar-refractivity contribution is -0.0498. The molecule has 3 aromatic carbocycles. The van der Waals surface area contributed by atoms with Gasteiger partial charge in [-0.3, -0.25) is 9.52 Å². The fourth-order valence-corrected chi connectivity index (χ4v) is 3.84. The predicted octanol–water partition coefficient (Wildman–Crippen LogP) is 4.20. The molecule has 3 aromatic rings. The van der Waals surface area contributed by atoms with Crippen LogP contribution in [0.15, 0.2) is 77.7 Å². The van der Waals surface area contributed by atoms with Crippen LogP contribution in [0.25, 0.3) is 0 Å². The average Bonchev–Trinajstić information content (AvgIpc) is 2.75. The molecule has 3 rings (SSSR count). The molecule has 0 spiro atoms. The first-order valence-electron chi connectivity index (χ1n) is 9.43. The Morgan fingerprint density at radius 3 is 2.12 bits per heavy atom. The Bertz CT molecular complexity index is 1150. The van der Waals surface area contributed by atoms with E-state index in [1.165, 1.54) is 36.4 Å². The van der Waals surface area contributed by atoms with E-state index in [0.29, 0.717) is 18.5 Å². The average molecular weight is 464 g/mol. The summed E-state index contributed by atoms with van der Waals surface area (Å²) in [5.74, 6) is -0.837. The van der Waals surface area contributed by atoms with Crippen molar-refractivity contribution in [1.82, 2.24) is 5.32 Å². The fraction of sp³-hybridized carbons (Fsp3) is 0.136. The van der Waals surface area contributed by atoms with Crippen molar-refractivity contribution in [3.05, 3.63) is 89.7 Å². The third kappa shape index (κ3) is 6.48. The molecule has 168 valence electrons. The molecule has 0 aliphatic heterocycles. The number of hydrogen-bond donors (Lipinski definition) is 2. The molecule has 0 atom stereocenters. The Kier molecular flexibility index (Phi) is 7.37. The van der Waals surface area contributed by atoms with Crippen LogP contribution in [0.2, 0.25) is 0 Å². The van der Waals surface area contributed by atoms with E-state index in [9.17, 15) is 26.4 Å². The zero-order chi connectivity index (χ0) is 23.1. The van der Waals surface area contributed by atoms with Crippen molar-refractivity contribution < 1.29 is 31.1 Å². The number of anilines is 1.